The second-order valence-corrected chi connectivity index (χ2v) is 30.7. The second-order valence-electron chi connectivity index (χ2n) is 27.8. The minimum Gasteiger partial charge on any atom is -0.463 e. The smallest absolute Gasteiger partial charge is 0.463 e. The number of hydrogen-bond acceptors (Lipinski definition) is 14. The number of aliphatic hydroxyl groups is 2. The molecule has 0 heterocycles. The van der Waals surface area contributed by atoms with Gasteiger partial charge in [-0.15, -0.1) is 0 Å². The number of allylic oxidation sites excluding steroid dienone is 32. The number of phosphoric acid groups is 2. The van der Waals surface area contributed by atoms with E-state index in [0.717, 1.165) is 148 Å². The first-order valence-corrected chi connectivity index (χ1v) is 45.7. The number of aliphatic hydroxyl groups excluding tert-OH is 2. The summed E-state index contributed by atoms with van der Waals surface area (Å²) in [6, 6.07) is 0. The zero-order valence-electron chi connectivity index (χ0n) is 69.1. The van der Waals surface area contributed by atoms with Crippen molar-refractivity contribution in [3.05, 3.63) is 194 Å². The van der Waals surface area contributed by atoms with Crippen molar-refractivity contribution in [3.63, 3.8) is 0 Å². The fourth-order valence-electron chi connectivity index (χ4n) is 10.9. The highest BCUT2D eigenvalue weighted by molar-refractivity contribution is 7.47. The van der Waals surface area contributed by atoms with Crippen molar-refractivity contribution in [1.29, 1.82) is 0 Å². The lowest BCUT2D eigenvalue weighted by atomic mass is 10.0. The Bertz CT molecular complexity index is 2800. The maximum absolute atomic E-state index is 13.0. The van der Waals surface area contributed by atoms with E-state index in [9.17, 15) is 43.5 Å². The third kappa shape index (κ3) is 85.1. The molecule has 630 valence electrons. The topological polar surface area (TPSA) is 231 Å². The molecule has 0 fully saturated rings. The molecule has 0 aromatic rings. The molecule has 0 aromatic carbocycles. The van der Waals surface area contributed by atoms with E-state index in [1.54, 1.807) is 0 Å². The van der Waals surface area contributed by atoms with Gasteiger partial charge in [-0.25, -0.2) is 9.13 Å². The lowest BCUT2D eigenvalue weighted by Crippen LogP contribution is -2.29. The molecule has 0 aliphatic carbocycles. The van der Waals surface area contributed by atoms with Gasteiger partial charge in [-0.05, 0) is 148 Å². The first kappa shape index (κ1) is 105. The molecule has 4 N–H and O–H groups in total. The standard InChI is InChI=1S/C93H152O16P2/c1-4-7-10-13-16-19-22-25-28-31-34-36-37-38-39-40-41-42-43-44-45-46-47-48-49-51-54-55-58-61-64-67-70-73-76-79-91(96)103-82-88(94)83-105-110(99,100)106-84-89(95)85-107-111(101,102)108-87-90(109-93(98)81-78-75-72-69-66-63-60-57-52-33-30-27-24-21-18-15-12-9-6-3)86-104-92(97)80-77-74-71-68-65-62-59-56-53-50-35-32-29-26-23-20-17-14-11-8-5-2/h7-12,16-21,25-30,34-36,38-39,50,52,56-57,59,63,66,72,75,88-90,94-95H,4-6,13-15,22-24,31-33,37,40-49,51,53-55,58,60-62,64-65,67-71,73-74,76-87H2,1-3H3,(H,99,100)(H,101,102)/b10-7-,11-8-,12-9-,19-16-,20-17-,21-18-,28-25-,29-26-,30-27-,36-34-,39-38-,50-35-,57-52-,59-56-,66-63-,75-72-. The molecule has 0 bridgehead atoms. The summed E-state index contributed by atoms with van der Waals surface area (Å²) in [6.07, 6.45) is 111. The first-order valence-electron chi connectivity index (χ1n) is 42.7. The van der Waals surface area contributed by atoms with Gasteiger partial charge in [0.25, 0.3) is 0 Å². The predicted molar refractivity (Wildman–Crippen MR) is 463 cm³/mol. The average Bonchev–Trinajstić information content (AvgIpc) is 0.891. The van der Waals surface area contributed by atoms with Crippen molar-refractivity contribution in [1.82, 2.24) is 0 Å². The molecule has 5 unspecified atom stereocenters. The minimum atomic E-state index is -4.97. The van der Waals surface area contributed by atoms with E-state index in [2.05, 4.69) is 197 Å². The number of hydrogen-bond donors (Lipinski definition) is 4. The minimum absolute atomic E-state index is 0.0322. The average molecular weight is 1590 g/mol. The molecule has 0 saturated carbocycles. The number of carbonyl (C=O) groups excluding carboxylic acids is 3. The maximum Gasteiger partial charge on any atom is 0.472 e. The summed E-state index contributed by atoms with van der Waals surface area (Å²) in [5.41, 5.74) is 0. The van der Waals surface area contributed by atoms with Crippen molar-refractivity contribution in [3.8, 4) is 0 Å². The van der Waals surface area contributed by atoms with Crippen LogP contribution >= 0.6 is 15.6 Å². The van der Waals surface area contributed by atoms with Gasteiger partial charge in [0.2, 0.25) is 0 Å². The van der Waals surface area contributed by atoms with Gasteiger partial charge in [0, 0.05) is 19.3 Å². The molecular formula is C93H152O16P2. The normalized spacial score (nSPS) is 14.8. The number of esters is 3. The summed E-state index contributed by atoms with van der Waals surface area (Å²) in [5, 5.41) is 20.7. The summed E-state index contributed by atoms with van der Waals surface area (Å²) in [5.74, 6) is -1.70. The van der Waals surface area contributed by atoms with Crippen molar-refractivity contribution < 1.29 is 75.8 Å². The molecule has 18 heteroatoms. The van der Waals surface area contributed by atoms with Crippen LogP contribution in [0.15, 0.2) is 194 Å². The highest BCUT2D eigenvalue weighted by atomic mass is 31.2. The summed E-state index contributed by atoms with van der Waals surface area (Å²) >= 11 is 0. The molecule has 0 rings (SSSR count). The van der Waals surface area contributed by atoms with Gasteiger partial charge >= 0.3 is 33.6 Å². The molecule has 0 amide bonds. The summed E-state index contributed by atoms with van der Waals surface area (Å²) in [7, 11) is -9.84. The van der Waals surface area contributed by atoms with Crippen LogP contribution in [-0.2, 0) is 55.8 Å². The Labute approximate surface area is 674 Å². The summed E-state index contributed by atoms with van der Waals surface area (Å²) < 4.78 is 61.2. The van der Waals surface area contributed by atoms with Crippen LogP contribution in [0.2, 0.25) is 0 Å². The van der Waals surface area contributed by atoms with Crippen LogP contribution in [0.4, 0.5) is 0 Å². The highest BCUT2D eigenvalue weighted by Crippen LogP contribution is 2.45. The Morgan fingerprint density at radius 1 is 0.252 bits per heavy atom. The van der Waals surface area contributed by atoms with E-state index in [-0.39, 0.29) is 19.3 Å². The number of unbranched alkanes of at least 4 members (excludes halogenated alkanes) is 24. The summed E-state index contributed by atoms with van der Waals surface area (Å²) in [4.78, 5) is 58.7. The van der Waals surface area contributed by atoms with Crippen LogP contribution in [0.3, 0.4) is 0 Å². The Hall–Kier alpha value is -5.61. The number of rotatable bonds is 79. The Balaban J connectivity index is 4.54. The fourth-order valence-corrected chi connectivity index (χ4v) is 12.5. The largest absolute Gasteiger partial charge is 0.472 e. The van der Waals surface area contributed by atoms with Gasteiger partial charge in [-0.2, -0.15) is 0 Å². The molecule has 0 aromatic heterocycles. The Morgan fingerprint density at radius 3 is 0.748 bits per heavy atom. The molecular weight excluding hydrogens is 1430 g/mol. The van der Waals surface area contributed by atoms with Gasteiger partial charge in [-0.3, -0.25) is 32.5 Å². The predicted octanol–water partition coefficient (Wildman–Crippen LogP) is 25.9. The monoisotopic (exact) mass is 1590 g/mol. The molecule has 111 heavy (non-hydrogen) atoms. The molecule has 0 radical (unpaired) electrons. The van der Waals surface area contributed by atoms with Gasteiger partial charge in [0.15, 0.2) is 6.10 Å². The zero-order chi connectivity index (χ0) is 80.8. The van der Waals surface area contributed by atoms with E-state index in [0.29, 0.717) is 25.7 Å². The van der Waals surface area contributed by atoms with Crippen molar-refractivity contribution in [2.24, 2.45) is 0 Å². The molecule has 16 nitrogen and oxygen atoms in total. The van der Waals surface area contributed by atoms with Crippen LogP contribution in [0, 0.1) is 0 Å². The fraction of sp³-hybridized carbons (Fsp3) is 0.624. The number of carbonyl (C=O) groups is 3. The third-order valence-electron chi connectivity index (χ3n) is 17.3. The number of phosphoric ester groups is 2. The SMILES string of the molecule is CC/C=C\C/C=C\C/C=C\C/C=C\C/C=C\C/C=C\CCC(=O)OC(COC(=O)CCCCCCC/C=C\C/C=C\C/C=C\C/C=C\C/C=C\CC)COP(=O)(O)OCC(O)COP(=O)(O)OCC(O)COC(=O)CCCCCCCCCCCCCCCCCCCCC/C=C\C/C=C\C/C=C\C/C=C\C/C=C\CC. The molecule has 5 atom stereocenters. The van der Waals surface area contributed by atoms with Crippen LogP contribution < -0.4 is 0 Å². The van der Waals surface area contributed by atoms with Gasteiger partial charge in [0.1, 0.15) is 25.4 Å². The van der Waals surface area contributed by atoms with Crippen LogP contribution in [0.5, 0.6) is 0 Å². The second kappa shape index (κ2) is 83.8. The van der Waals surface area contributed by atoms with Crippen LogP contribution in [0.25, 0.3) is 0 Å². The lowest BCUT2D eigenvalue weighted by molar-refractivity contribution is -0.161. The molecule has 0 aliphatic heterocycles. The Morgan fingerprint density at radius 2 is 0.468 bits per heavy atom. The van der Waals surface area contributed by atoms with Crippen LogP contribution in [0.1, 0.15) is 316 Å². The summed E-state index contributed by atoms with van der Waals surface area (Å²) in [6.45, 7) is 2.23. The van der Waals surface area contributed by atoms with Gasteiger partial charge < -0.3 is 34.2 Å². The molecule has 0 aliphatic rings. The van der Waals surface area contributed by atoms with Crippen molar-refractivity contribution >= 4 is 33.6 Å². The van der Waals surface area contributed by atoms with E-state index >= 15 is 0 Å². The number of ether oxygens (including phenoxy) is 3. The maximum atomic E-state index is 13.0. The quantitative estimate of drug-likeness (QED) is 0.0146. The van der Waals surface area contributed by atoms with Gasteiger partial charge in [0.05, 0.1) is 26.4 Å². The van der Waals surface area contributed by atoms with Crippen molar-refractivity contribution in [2.45, 2.75) is 334 Å². The van der Waals surface area contributed by atoms with E-state index in [4.69, 9.17) is 32.3 Å². The molecule has 0 saturated heterocycles. The first-order chi connectivity index (χ1) is 54.2. The van der Waals surface area contributed by atoms with E-state index in [1.165, 1.54) is 103 Å². The zero-order valence-corrected chi connectivity index (χ0v) is 70.8. The van der Waals surface area contributed by atoms with Gasteiger partial charge in [-0.1, -0.05) is 344 Å². The highest BCUT2D eigenvalue weighted by Gasteiger charge is 2.29. The van der Waals surface area contributed by atoms with Crippen molar-refractivity contribution in [2.75, 3.05) is 39.6 Å². The Kier molecular flexibility index (Phi) is 79.6. The lowest BCUT2D eigenvalue weighted by Gasteiger charge is -2.21. The van der Waals surface area contributed by atoms with E-state index < -0.39 is 91.5 Å². The van der Waals surface area contributed by atoms with E-state index in [1.807, 2.05) is 18.2 Å². The molecule has 0 spiro atoms. The van der Waals surface area contributed by atoms with Crippen LogP contribution in [-0.4, -0.2) is 95.9 Å². The third-order valence-corrected chi connectivity index (χ3v) is 19.2.